The highest BCUT2D eigenvalue weighted by Crippen LogP contribution is 2.38. The third kappa shape index (κ3) is 3.74. The van der Waals surface area contributed by atoms with Crippen LogP contribution in [0, 0.1) is 17.7 Å². The van der Waals surface area contributed by atoms with Gasteiger partial charge in [0.15, 0.2) is 0 Å². The third-order valence-corrected chi connectivity index (χ3v) is 4.04. The summed E-state index contributed by atoms with van der Waals surface area (Å²) in [5, 5.41) is 8.91. The molecule has 0 spiro atoms. The minimum absolute atomic E-state index is 0.0462. The number of likely N-dealkylation sites (tertiary alicyclic amines) is 1. The van der Waals surface area contributed by atoms with E-state index in [2.05, 4.69) is 15.9 Å². The molecule has 0 saturated carbocycles. The average Bonchev–Trinajstić information content (AvgIpc) is 2.77. The SMILES string of the molecule is O=C(O)[C@@H]1CN(Cc2ccc(Br)cc2F)C[C@H]1C(F)(F)F. The molecule has 0 unspecified atom stereocenters. The van der Waals surface area contributed by atoms with Crippen molar-refractivity contribution in [1.82, 2.24) is 4.90 Å². The lowest BCUT2D eigenvalue weighted by Crippen LogP contribution is -2.33. The Morgan fingerprint density at radius 2 is 2.05 bits per heavy atom. The first-order chi connectivity index (χ1) is 9.68. The summed E-state index contributed by atoms with van der Waals surface area (Å²) in [5.74, 6) is -5.44. The van der Waals surface area contributed by atoms with Crippen LogP contribution in [0.2, 0.25) is 0 Å². The number of benzene rings is 1. The smallest absolute Gasteiger partial charge is 0.393 e. The highest BCUT2D eigenvalue weighted by molar-refractivity contribution is 9.10. The zero-order valence-electron chi connectivity index (χ0n) is 10.7. The lowest BCUT2D eigenvalue weighted by molar-refractivity contribution is -0.188. The Kier molecular flexibility index (Phi) is 4.57. The summed E-state index contributed by atoms with van der Waals surface area (Å²) in [6.45, 7) is -0.722. The van der Waals surface area contributed by atoms with Crippen LogP contribution in [0.4, 0.5) is 17.6 Å². The van der Waals surface area contributed by atoms with E-state index in [1.807, 2.05) is 0 Å². The van der Waals surface area contributed by atoms with Gasteiger partial charge in [-0.3, -0.25) is 9.69 Å². The molecule has 0 amide bonds. The van der Waals surface area contributed by atoms with Crippen molar-refractivity contribution in [2.45, 2.75) is 12.7 Å². The number of carbonyl (C=O) groups is 1. The van der Waals surface area contributed by atoms with Crippen LogP contribution in [0.1, 0.15) is 5.56 Å². The number of halogens is 5. The fourth-order valence-corrected chi connectivity index (χ4v) is 2.82. The summed E-state index contributed by atoms with van der Waals surface area (Å²) in [6.07, 6.45) is -4.57. The summed E-state index contributed by atoms with van der Waals surface area (Å²) in [4.78, 5) is 12.3. The van der Waals surface area contributed by atoms with Gasteiger partial charge >= 0.3 is 12.1 Å². The molecule has 1 aliphatic heterocycles. The maximum atomic E-state index is 13.7. The van der Waals surface area contributed by atoms with E-state index < -0.39 is 36.3 Å². The lowest BCUT2D eigenvalue weighted by atomic mass is 9.96. The van der Waals surface area contributed by atoms with Crippen molar-refractivity contribution < 1.29 is 27.5 Å². The first kappa shape index (κ1) is 16.2. The molecule has 1 aromatic rings. The van der Waals surface area contributed by atoms with Crippen molar-refractivity contribution in [3.8, 4) is 0 Å². The first-order valence-electron chi connectivity index (χ1n) is 6.14. The number of rotatable bonds is 3. The predicted octanol–water partition coefficient (Wildman–Crippen LogP) is 3.28. The normalized spacial score (nSPS) is 23.5. The standard InChI is InChI=1S/C13H12BrF4NO2/c14-8-2-1-7(11(15)3-8)4-19-5-9(12(20)21)10(6-19)13(16,17)18/h1-3,9-10H,4-6H2,(H,20,21)/t9-,10-/m1/s1. The topological polar surface area (TPSA) is 40.5 Å². The Bertz CT molecular complexity index is 549. The number of carboxylic acid groups (broad SMARTS) is 1. The highest BCUT2D eigenvalue weighted by Gasteiger charge is 2.52. The molecule has 21 heavy (non-hydrogen) atoms. The van der Waals surface area contributed by atoms with E-state index in [1.54, 1.807) is 6.07 Å². The van der Waals surface area contributed by atoms with Gasteiger partial charge in [0.25, 0.3) is 0 Å². The maximum Gasteiger partial charge on any atom is 0.393 e. The number of hydrogen-bond donors (Lipinski definition) is 1. The van der Waals surface area contributed by atoms with Crippen LogP contribution in [-0.2, 0) is 11.3 Å². The van der Waals surface area contributed by atoms with Gasteiger partial charge in [0.1, 0.15) is 5.82 Å². The molecule has 3 nitrogen and oxygen atoms in total. The van der Waals surface area contributed by atoms with Crippen molar-refractivity contribution in [2.75, 3.05) is 13.1 Å². The van der Waals surface area contributed by atoms with Crippen molar-refractivity contribution in [3.63, 3.8) is 0 Å². The van der Waals surface area contributed by atoms with Crippen LogP contribution in [0.25, 0.3) is 0 Å². The van der Waals surface area contributed by atoms with Gasteiger partial charge in [-0.15, -0.1) is 0 Å². The number of alkyl halides is 3. The summed E-state index contributed by atoms with van der Waals surface area (Å²) in [7, 11) is 0. The Labute approximate surface area is 126 Å². The summed E-state index contributed by atoms with van der Waals surface area (Å²) in [5.41, 5.74) is 0.241. The van der Waals surface area contributed by atoms with Crippen molar-refractivity contribution in [2.24, 2.45) is 11.8 Å². The van der Waals surface area contributed by atoms with Crippen molar-refractivity contribution in [3.05, 3.63) is 34.1 Å². The molecule has 0 bridgehead atoms. The monoisotopic (exact) mass is 369 g/mol. The van der Waals surface area contributed by atoms with Gasteiger partial charge in [0.2, 0.25) is 0 Å². The summed E-state index contributed by atoms with van der Waals surface area (Å²) in [6, 6.07) is 4.28. The molecule has 2 rings (SSSR count). The van der Waals surface area contributed by atoms with Crippen LogP contribution in [0.3, 0.4) is 0 Å². The zero-order valence-corrected chi connectivity index (χ0v) is 12.3. The average molecular weight is 370 g/mol. The Balaban J connectivity index is 2.14. The third-order valence-electron chi connectivity index (χ3n) is 3.54. The van der Waals surface area contributed by atoms with Gasteiger partial charge in [0.05, 0.1) is 11.8 Å². The number of hydrogen-bond acceptors (Lipinski definition) is 2. The summed E-state index contributed by atoms with van der Waals surface area (Å²) >= 11 is 3.09. The van der Waals surface area contributed by atoms with Crippen LogP contribution in [0.5, 0.6) is 0 Å². The molecular formula is C13H12BrF4NO2. The van der Waals surface area contributed by atoms with E-state index in [0.717, 1.165) is 0 Å². The molecule has 0 radical (unpaired) electrons. The minimum Gasteiger partial charge on any atom is -0.481 e. The molecule has 0 aromatic heterocycles. The molecule has 1 saturated heterocycles. The Hall–Kier alpha value is -1.15. The molecule has 1 aromatic carbocycles. The number of carboxylic acids is 1. The molecule has 1 N–H and O–H groups in total. The molecule has 1 aliphatic rings. The van der Waals surface area contributed by atoms with Crippen LogP contribution in [0.15, 0.2) is 22.7 Å². The van der Waals surface area contributed by atoms with Gasteiger partial charge in [-0.25, -0.2) is 4.39 Å². The predicted molar refractivity (Wildman–Crippen MR) is 70.0 cm³/mol. The fourth-order valence-electron chi connectivity index (χ4n) is 2.49. The molecule has 1 heterocycles. The van der Waals surface area contributed by atoms with Gasteiger partial charge in [-0.05, 0) is 12.1 Å². The molecular weight excluding hydrogens is 358 g/mol. The minimum atomic E-state index is -4.57. The lowest BCUT2D eigenvalue weighted by Gasteiger charge is -2.18. The Morgan fingerprint density at radius 1 is 1.38 bits per heavy atom. The quantitative estimate of drug-likeness (QED) is 0.831. The van der Waals surface area contributed by atoms with Crippen molar-refractivity contribution >= 4 is 21.9 Å². The van der Waals surface area contributed by atoms with Gasteiger partial charge < -0.3 is 5.11 Å². The van der Waals surface area contributed by atoms with Crippen LogP contribution in [-0.4, -0.2) is 35.2 Å². The second-order valence-electron chi connectivity index (χ2n) is 5.02. The molecule has 8 heteroatoms. The van der Waals surface area contributed by atoms with E-state index in [1.165, 1.54) is 17.0 Å². The van der Waals surface area contributed by atoms with Gasteiger partial charge in [-0.1, -0.05) is 22.0 Å². The van der Waals surface area contributed by atoms with Gasteiger partial charge in [0, 0.05) is 29.7 Å². The largest absolute Gasteiger partial charge is 0.481 e. The molecule has 0 aliphatic carbocycles. The maximum absolute atomic E-state index is 13.7. The second-order valence-corrected chi connectivity index (χ2v) is 5.94. The molecule has 2 atom stereocenters. The zero-order chi connectivity index (χ0) is 15.8. The Morgan fingerprint density at radius 3 is 2.52 bits per heavy atom. The number of nitrogens with zero attached hydrogens (tertiary/aromatic N) is 1. The second kappa shape index (κ2) is 5.92. The van der Waals surface area contributed by atoms with Crippen LogP contribution >= 0.6 is 15.9 Å². The number of aliphatic carboxylic acids is 1. The fraction of sp³-hybridized carbons (Fsp3) is 0.462. The van der Waals surface area contributed by atoms with E-state index in [4.69, 9.17) is 5.11 Å². The van der Waals surface area contributed by atoms with Gasteiger partial charge in [-0.2, -0.15) is 13.2 Å². The van der Waals surface area contributed by atoms with E-state index >= 15 is 0 Å². The van der Waals surface area contributed by atoms with E-state index in [9.17, 15) is 22.4 Å². The van der Waals surface area contributed by atoms with Crippen LogP contribution < -0.4 is 0 Å². The molecule has 1 fully saturated rings. The van der Waals surface area contributed by atoms with E-state index in [0.29, 0.717) is 4.47 Å². The van der Waals surface area contributed by atoms with E-state index in [-0.39, 0.29) is 18.7 Å². The highest BCUT2D eigenvalue weighted by atomic mass is 79.9. The van der Waals surface area contributed by atoms with Crippen molar-refractivity contribution in [1.29, 1.82) is 0 Å². The summed E-state index contributed by atoms with van der Waals surface area (Å²) < 4.78 is 52.8. The first-order valence-corrected chi connectivity index (χ1v) is 6.93. The molecule has 116 valence electrons.